The molecule has 0 saturated heterocycles. The van der Waals surface area contributed by atoms with Crippen LogP contribution in [0.1, 0.15) is 38.9 Å². The lowest BCUT2D eigenvalue weighted by molar-refractivity contribution is -0.122. The second kappa shape index (κ2) is 8.14. The lowest BCUT2D eigenvalue weighted by Gasteiger charge is -2.20. The van der Waals surface area contributed by atoms with E-state index in [1.807, 2.05) is 6.92 Å². The highest BCUT2D eigenvalue weighted by Crippen LogP contribution is 2.30. The molecule has 0 fully saturated rings. The van der Waals surface area contributed by atoms with Gasteiger partial charge in [-0.25, -0.2) is 0 Å². The molecule has 1 aromatic carbocycles. The molecule has 0 aliphatic rings. The summed E-state index contributed by atoms with van der Waals surface area (Å²) in [6.07, 6.45) is 0.291. The molecule has 0 aromatic heterocycles. The van der Waals surface area contributed by atoms with Gasteiger partial charge in [-0.1, -0.05) is 13.0 Å². The second-order valence-corrected chi connectivity index (χ2v) is 4.59. The van der Waals surface area contributed by atoms with E-state index >= 15 is 0 Å². The molecule has 0 heterocycles. The molecule has 0 aliphatic carbocycles. The van der Waals surface area contributed by atoms with Crippen molar-refractivity contribution < 1.29 is 19.1 Å². The van der Waals surface area contributed by atoms with Crippen LogP contribution in [-0.4, -0.2) is 25.5 Å². The Morgan fingerprint density at radius 3 is 2.24 bits per heavy atom. The van der Waals surface area contributed by atoms with Gasteiger partial charge in [0.1, 0.15) is 6.17 Å². The summed E-state index contributed by atoms with van der Waals surface area (Å²) >= 11 is 0. The molecular weight excluding hydrogens is 272 g/mol. The minimum absolute atomic E-state index is 0.237. The monoisotopic (exact) mass is 294 g/mol. The van der Waals surface area contributed by atoms with Gasteiger partial charge in [0.2, 0.25) is 11.8 Å². The number of hydrogen-bond donors (Lipinski definition) is 2. The largest absolute Gasteiger partial charge is 0.493 e. The van der Waals surface area contributed by atoms with E-state index < -0.39 is 6.17 Å². The molecule has 0 saturated carbocycles. The van der Waals surface area contributed by atoms with E-state index in [0.717, 1.165) is 6.42 Å². The zero-order valence-electron chi connectivity index (χ0n) is 12.9. The molecule has 21 heavy (non-hydrogen) atoms. The van der Waals surface area contributed by atoms with Crippen molar-refractivity contribution in [2.45, 2.75) is 33.4 Å². The first-order valence-corrected chi connectivity index (χ1v) is 6.82. The summed E-state index contributed by atoms with van der Waals surface area (Å²) in [5.41, 5.74) is 0.709. The zero-order chi connectivity index (χ0) is 15.8. The summed E-state index contributed by atoms with van der Waals surface area (Å²) in [5.74, 6) is 0.715. The van der Waals surface area contributed by atoms with Gasteiger partial charge in [-0.2, -0.15) is 0 Å². The Hall–Kier alpha value is -2.24. The van der Waals surface area contributed by atoms with E-state index in [0.29, 0.717) is 23.7 Å². The van der Waals surface area contributed by atoms with Crippen LogP contribution in [0.2, 0.25) is 0 Å². The van der Waals surface area contributed by atoms with Crippen LogP contribution in [0.4, 0.5) is 0 Å². The Kier molecular flexibility index (Phi) is 6.52. The number of benzene rings is 1. The predicted octanol–water partition coefficient (Wildman–Crippen LogP) is 1.75. The molecule has 0 spiro atoms. The van der Waals surface area contributed by atoms with Crippen LogP contribution >= 0.6 is 0 Å². The van der Waals surface area contributed by atoms with E-state index in [2.05, 4.69) is 10.6 Å². The lowest BCUT2D eigenvalue weighted by Crippen LogP contribution is -2.39. The summed E-state index contributed by atoms with van der Waals surface area (Å²) in [4.78, 5) is 22.5. The fourth-order valence-electron chi connectivity index (χ4n) is 1.80. The number of amides is 2. The molecule has 6 heteroatoms. The van der Waals surface area contributed by atoms with Crippen molar-refractivity contribution in [1.29, 1.82) is 0 Å². The highest BCUT2D eigenvalue weighted by molar-refractivity contribution is 5.76. The van der Waals surface area contributed by atoms with Gasteiger partial charge in [0.15, 0.2) is 11.5 Å². The third-order valence-electron chi connectivity index (χ3n) is 2.68. The summed E-state index contributed by atoms with van der Waals surface area (Å²) in [7, 11) is 1.55. The third-order valence-corrected chi connectivity index (χ3v) is 2.68. The van der Waals surface area contributed by atoms with E-state index in [-0.39, 0.29) is 11.8 Å². The highest BCUT2D eigenvalue weighted by Gasteiger charge is 2.16. The quantitative estimate of drug-likeness (QED) is 0.751. The van der Waals surface area contributed by atoms with Crippen LogP contribution in [0, 0.1) is 0 Å². The van der Waals surface area contributed by atoms with Crippen molar-refractivity contribution in [2.24, 2.45) is 0 Å². The molecule has 6 nitrogen and oxygen atoms in total. The van der Waals surface area contributed by atoms with Crippen molar-refractivity contribution in [3.8, 4) is 11.5 Å². The maximum absolute atomic E-state index is 11.3. The molecule has 0 aliphatic heterocycles. The molecular formula is C15H22N2O4. The fourth-order valence-corrected chi connectivity index (χ4v) is 1.80. The zero-order valence-corrected chi connectivity index (χ0v) is 12.9. The van der Waals surface area contributed by atoms with Gasteiger partial charge in [0, 0.05) is 13.8 Å². The van der Waals surface area contributed by atoms with Gasteiger partial charge in [0.25, 0.3) is 0 Å². The first kappa shape index (κ1) is 16.8. The molecule has 0 atom stereocenters. The van der Waals surface area contributed by atoms with Gasteiger partial charge >= 0.3 is 0 Å². The topological polar surface area (TPSA) is 76.7 Å². The minimum atomic E-state index is -0.603. The molecule has 0 bridgehead atoms. The van der Waals surface area contributed by atoms with E-state index in [4.69, 9.17) is 9.47 Å². The maximum atomic E-state index is 11.3. The molecule has 0 unspecified atom stereocenters. The summed E-state index contributed by atoms with van der Waals surface area (Å²) < 4.78 is 10.9. The smallest absolute Gasteiger partial charge is 0.218 e. The van der Waals surface area contributed by atoms with Crippen LogP contribution in [0.5, 0.6) is 11.5 Å². The first-order valence-electron chi connectivity index (χ1n) is 6.82. The Labute approximate surface area is 124 Å². The summed E-state index contributed by atoms with van der Waals surface area (Å²) in [5, 5.41) is 5.35. The number of methoxy groups -OCH3 is 1. The van der Waals surface area contributed by atoms with Crippen molar-refractivity contribution in [3.63, 3.8) is 0 Å². The number of rotatable bonds is 7. The van der Waals surface area contributed by atoms with Crippen LogP contribution in [0.25, 0.3) is 0 Å². The maximum Gasteiger partial charge on any atom is 0.218 e. The number of carbonyl (C=O) groups excluding carboxylic acids is 2. The van der Waals surface area contributed by atoms with Crippen molar-refractivity contribution in [1.82, 2.24) is 10.6 Å². The molecule has 1 rings (SSSR count). The first-order chi connectivity index (χ1) is 9.97. The Balaban J connectivity index is 3.02. The van der Waals surface area contributed by atoms with E-state index in [1.165, 1.54) is 13.8 Å². The van der Waals surface area contributed by atoms with Crippen molar-refractivity contribution in [2.75, 3.05) is 13.7 Å². The van der Waals surface area contributed by atoms with Crippen molar-refractivity contribution >= 4 is 11.8 Å². The van der Waals surface area contributed by atoms with Crippen LogP contribution in [0.15, 0.2) is 18.2 Å². The summed E-state index contributed by atoms with van der Waals surface area (Å²) in [6, 6.07) is 5.28. The van der Waals surface area contributed by atoms with Gasteiger partial charge in [-0.05, 0) is 24.1 Å². The Morgan fingerprint density at radius 1 is 1.14 bits per heavy atom. The summed E-state index contributed by atoms with van der Waals surface area (Å²) in [6.45, 7) is 5.40. The van der Waals surface area contributed by atoms with E-state index in [1.54, 1.807) is 25.3 Å². The molecule has 116 valence electrons. The second-order valence-electron chi connectivity index (χ2n) is 4.59. The molecule has 2 amide bonds. The standard InChI is InChI=1S/C15H22N2O4/c1-5-8-21-13-7-6-12(9-14(13)20-4)15(16-10(2)18)17-11(3)19/h6-7,9,15H,5,8H2,1-4H3,(H,16,18)(H,17,19). The average molecular weight is 294 g/mol. The van der Waals surface area contributed by atoms with Gasteiger partial charge in [-0.15, -0.1) is 0 Å². The van der Waals surface area contributed by atoms with Gasteiger partial charge in [0.05, 0.1) is 13.7 Å². The molecule has 2 N–H and O–H groups in total. The van der Waals surface area contributed by atoms with Crippen LogP contribution in [-0.2, 0) is 9.59 Å². The fraction of sp³-hybridized carbons (Fsp3) is 0.467. The number of carbonyl (C=O) groups is 2. The third kappa shape index (κ3) is 5.33. The number of ether oxygens (including phenoxy) is 2. The Bertz CT molecular complexity index is 486. The van der Waals surface area contributed by atoms with Crippen LogP contribution in [0.3, 0.4) is 0 Å². The number of nitrogens with one attached hydrogen (secondary N) is 2. The SMILES string of the molecule is CCCOc1ccc(C(NC(C)=O)NC(C)=O)cc1OC. The Morgan fingerprint density at radius 2 is 1.76 bits per heavy atom. The predicted molar refractivity (Wildman–Crippen MR) is 79.2 cm³/mol. The van der Waals surface area contributed by atoms with Crippen molar-refractivity contribution in [3.05, 3.63) is 23.8 Å². The van der Waals surface area contributed by atoms with Crippen LogP contribution < -0.4 is 20.1 Å². The highest BCUT2D eigenvalue weighted by atomic mass is 16.5. The molecule has 1 aromatic rings. The average Bonchev–Trinajstić information content (AvgIpc) is 2.43. The van der Waals surface area contributed by atoms with Gasteiger partial charge < -0.3 is 20.1 Å². The van der Waals surface area contributed by atoms with E-state index in [9.17, 15) is 9.59 Å². The minimum Gasteiger partial charge on any atom is -0.493 e. The normalized spacial score (nSPS) is 10.1. The molecule has 0 radical (unpaired) electrons. The number of hydrogen-bond acceptors (Lipinski definition) is 4. The van der Waals surface area contributed by atoms with Gasteiger partial charge in [-0.3, -0.25) is 9.59 Å². The lowest BCUT2D eigenvalue weighted by atomic mass is 10.1.